The highest BCUT2D eigenvalue weighted by molar-refractivity contribution is 7.09. The van der Waals surface area contributed by atoms with Crippen LogP contribution in [0.4, 0.5) is 5.13 Å². The minimum atomic E-state index is 0.102. The van der Waals surface area contributed by atoms with Crippen LogP contribution in [0.25, 0.3) is 0 Å². The molecule has 27 heavy (non-hydrogen) atoms. The van der Waals surface area contributed by atoms with Crippen molar-refractivity contribution < 1.29 is 4.79 Å². The van der Waals surface area contributed by atoms with Crippen molar-refractivity contribution in [3.63, 3.8) is 0 Å². The molecule has 0 N–H and O–H groups in total. The summed E-state index contributed by atoms with van der Waals surface area (Å²) >= 11 is 1.44. The Balaban J connectivity index is 1.40. The number of nitrogens with zero attached hydrogens (tertiary/aromatic N) is 4. The smallest absolute Gasteiger partial charge is 0.254 e. The van der Waals surface area contributed by atoms with Crippen LogP contribution >= 0.6 is 11.5 Å². The first kappa shape index (κ1) is 17.7. The fourth-order valence-corrected chi connectivity index (χ4v) is 4.12. The zero-order valence-corrected chi connectivity index (χ0v) is 16.1. The Morgan fingerprint density at radius 2 is 1.78 bits per heavy atom. The average Bonchev–Trinajstić information content (AvgIpc) is 3.17. The van der Waals surface area contributed by atoms with Crippen molar-refractivity contribution in [3.8, 4) is 0 Å². The molecule has 0 radical (unpaired) electrons. The molecule has 1 aromatic heterocycles. The van der Waals surface area contributed by atoms with Gasteiger partial charge in [-0.1, -0.05) is 48.5 Å². The second-order valence-corrected chi connectivity index (χ2v) is 7.55. The van der Waals surface area contributed by atoms with E-state index in [9.17, 15) is 4.79 Å². The molecule has 1 unspecified atom stereocenters. The van der Waals surface area contributed by atoms with Crippen LogP contribution in [0, 0.1) is 0 Å². The molecule has 0 bridgehead atoms. The molecule has 3 aromatic rings. The number of piperazine rings is 1. The van der Waals surface area contributed by atoms with E-state index in [2.05, 4.69) is 28.3 Å². The highest BCUT2D eigenvalue weighted by Crippen LogP contribution is 2.23. The van der Waals surface area contributed by atoms with Gasteiger partial charge in [0.25, 0.3) is 5.91 Å². The molecule has 1 aliphatic heterocycles. The molecule has 0 spiro atoms. The summed E-state index contributed by atoms with van der Waals surface area (Å²) in [6.07, 6.45) is 0.749. The van der Waals surface area contributed by atoms with Crippen LogP contribution in [0.1, 0.15) is 28.7 Å². The summed E-state index contributed by atoms with van der Waals surface area (Å²) in [6, 6.07) is 19.9. The second kappa shape index (κ2) is 7.88. The second-order valence-electron chi connectivity index (χ2n) is 6.82. The lowest BCUT2D eigenvalue weighted by Crippen LogP contribution is -2.54. The molecule has 1 aliphatic rings. The first-order valence-electron chi connectivity index (χ1n) is 9.18. The van der Waals surface area contributed by atoms with Crippen LogP contribution in [-0.2, 0) is 6.42 Å². The van der Waals surface area contributed by atoms with Gasteiger partial charge < -0.3 is 9.80 Å². The molecule has 5 nitrogen and oxygen atoms in total. The quantitative estimate of drug-likeness (QED) is 0.697. The molecule has 2 heterocycles. The number of hydrogen-bond donors (Lipinski definition) is 0. The lowest BCUT2D eigenvalue weighted by Gasteiger charge is -2.39. The van der Waals surface area contributed by atoms with Crippen molar-refractivity contribution in [2.24, 2.45) is 0 Å². The van der Waals surface area contributed by atoms with Gasteiger partial charge in [-0.25, -0.2) is 4.98 Å². The van der Waals surface area contributed by atoms with E-state index in [1.165, 1.54) is 17.1 Å². The Hall–Kier alpha value is -2.73. The zero-order chi connectivity index (χ0) is 18.6. The molecule has 1 fully saturated rings. The normalized spacial score (nSPS) is 17.1. The van der Waals surface area contributed by atoms with E-state index in [4.69, 9.17) is 4.98 Å². The molecule has 2 aromatic carbocycles. The molecular formula is C21H22N4OS. The summed E-state index contributed by atoms with van der Waals surface area (Å²) < 4.78 is 4.52. The van der Waals surface area contributed by atoms with Gasteiger partial charge >= 0.3 is 0 Å². The van der Waals surface area contributed by atoms with Crippen molar-refractivity contribution in [2.75, 3.05) is 24.5 Å². The van der Waals surface area contributed by atoms with Gasteiger partial charge in [0.2, 0.25) is 5.13 Å². The average molecular weight is 379 g/mol. The van der Waals surface area contributed by atoms with Crippen molar-refractivity contribution in [1.29, 1.82) is 0 Å². The molecule has 0 aliphatic carbocycles. The van der Waals surface area contributed by atoms with Crippen molar-refractivity contribution in [2.45, 2.75) is 19.4 Å². The van der Waals surface area contributed by atoms with Crippen LogP contribution in [0.15, 0.2) is 60.7 Å². The fourth-order valence-electron chi connectivity index (χ4n) is 3.40. The molecule has 4 rings (SSSR count). The van der Waals surface area contributed by atoms with Gasteiger partial charge in [-0.05, 0) is 24.6 Å². The van der Waals surface area contributed by atoms with Crippen LogP contribution in [0.5, 0.6) is 0 Å². The number of carbonyl (C=O) groups is 1. The largest absolute Gasteiger partial charge is 0.343 e. The van der Waals surface area contributed by atoms with E-state index in [1.54, 1.807) is 0 Å². The third-order valence-corrected chi connectivity index (χ3v) is 5.66. The maximum Gasteiger partial charge on any atom is 0.254 e. The standard InChI is InChI=1S/C21H22N4OS/c1-16-15-24(12-13-25(16)20(26)18-10-6-3-7-11-18)21-22-19(23-27-21)14-17-8-4-2-5-9-17/h2-11,16H,12-15H2,1H3. The third-order valence-electron chi connectivity index (χ3n) is 4.84. The van der Waals surface area contributed by atoms with Gasteiger partial charge in [0.05, 0.1) is 0 Å². The lowest BCUT2D eigenvalue weighted by atomic mass is 10.1. The lowest BCUT2D eigenvalue weighted by molar-refractivity contribution is 0.0674. The summed E-state index contributed by atoms with van der Waals surface area (Å²) in [4.78, 5) is 21.7. The Morgan fingerprint density at radius 1 is 1.07 bits per heavy atom. The van der Waals surface area contributed by atoms with Crippen molar-refractivity contribution in [1.82, 2.24) is 14.3 Å². The van der Waals surface area contributed by atoms with Crippen molar-refractivity contribution in [3.05, 3.63) is 77.6 Å². The number of rotatable bonds is 4. The van der Waals surface area contributed by atoms with Crippen LogP contribution in [0.3, 0.4) is 0 Å². The molecule has 1 amide bonds. The monoisotopic (exact) mass is 378 g/mol. The number of aromatic nitrogens is 2. The maximum absolute atomic E-state index is 12.7. The third kappa shape index (κ3) is 4.01. The van der Waals surface area contributed by atoms with Gasteiger partial charge in [-0.2, -0.15) is 4.37 Å². The van der Waals surface area contributed by atoms with E-state index < -0.39 is 0 Å². The summed E-state index contributed by atoms with van der Waals surface area (Å²) in [5, 5.41) is 0.944. The van der Waals surface area contributed by atoms with E-state index >= 15 is 0 Å². The minimum absolute atomic E-state index is 0.102. The zero-order valence-electron chi connectivity index (χ0n) is 15.3. The first-order valence-corrected chi connectivity index (χ1v) is 9.95. The topological polar surface area (TPSA) is 49.3 Å². The fraction of sp³-hybridized carbons (Fsp3) is 0.286. The van der Waals surface area contributed by atoms with Gasteiger partial charge in [-0.3, -0.25) is 4.79 Å². The van der Waals surface area contributed by atoms with Crippen LogP contribution < -0.4 is 4.90 Å². The number of hydrogen-bond acceptors (Lipinski definition) is 5. The molecule has 1 saturated heterocycles. The highest BCUT2D eigenvalue weighted by Gasteiger charge is 2.29. The summed E-state index contributed by atoms with van der Waals surface area (Å²) in [5.41, 5.74) is 1.97. The van der Waals surface area contributed by atoms with Gasteiger partial charge in [0, 0.05) is 49.2 Å². The number of benzene rings is 2. The van der Waals surface area contributed by atoms with E-state index in [0.717, 1.165) is 36.0 Å². The molecule has 0 saturated carbocycles. The summed E-state index contributed by atoms with van der Waals surface area (Å²) in [5.74, 6) is 0.960. The molecule has 138 valence electrons. The number of amides is 1. The Bertz CT molecular complexity index is 897. The molecule has 6 heteroatoms. The number of anilines is 1. The predicted molar refractivity (Wildman–Crippen MR) is 108 cm³/mol. The van der Waals surface area contributed by atoms with E-state index in [1.807, 2.05) is 53.4 Å². The maximum atomic E-state index is 12.7. The predicted octanol–water partition coefficient (Wildman–Crippen LogP) is 3.48. The van der Waals surface area contributed by atoms with Gasteiger partial charge in [-0.15, -0.1) is 0 Å². The molecular weight excluding hydrogens is 356 g/mol. The van der Waals surface area contributed by atoms with Crippen LogP contribution in [-0.4, -0.2) is 45.8 Å². The molecule has 1 atom stereocenters. The Morgan fingerprint density at radius 3 is 2.48 bits per heavy atom. The van der Waals surface area contributed by atoms with Gasteiger partial charge in [0.15, 0.2) is 0 Å². The minimum Gasteiger partial charge on any atom is -0.343 e. The Labute approximate surface area is 163 Å². The first-order chi connectivity index (χ1) is 13.2. The number of carbonyl (C=O) groups excluding carboxylic acids is 1. The Kier molecular flexibility index (Phi) is 5.16. The highest BCUT2D eigenvalue weighted by atomic mass is 32.1. The van der Waals surface area contributed by atoms with Gasteiger partial charge in [0.1, 0.15) is 5.82 Å². The van der Waals surface area contributed by atoms with E-state index in [0.29, 0.717) is 6.54 Å². The van der Waals surface area contributed by atoms with Crippen LogP contribution in [0.2, 0.25) is 0 Å². The van der Waals surface area contributed by atoms with Crippen molar-refractivity contribution >= 4 is 22.6 Å². The summed E-state index contributed by atoms with van der Waals surface area (Å²) in [7, 11) is 0. The summed E-state index contributed by atoms with van der Waals surface area (Å²) in [6.45, 7) is 4.35. The van der Waals surface area contributed by atoms with E-state index in [-0.39, 0.29) is 11.9 Å². The SMILES string of the molecule is CC1CN(c2nc(Cc3ccccc3)ns2)CCN1C(=O)c1ccccc1.